The molecule has 0 saturated heterocycles. The van der Waals surface area contributed by atoms with Gasteiger partial charge >= 0.3 is 17.6 Å². The van der Waals surface area contributed by atoms with E-state index in [4.69, 9.17) is 4.42 Å². The summed E-state index contributed by atoms with van der Waals surface area (Å²) in [5, 5.41) is 10.6. The van der Waals surface area contributed by atoms with E-state index in [9.17, 15) is 19.7 Å². The third-order valence-electron chi connectivity index (χ3n) is 1.88. The Kier molecular flexibility index (Phi) is 4.19. The maximum Gasteiger partial charge on any atom is 0.409 e. The van der Waals surface area contributed by atoms with E-state index in [1.54, 1.807) is 0 Å². The molecule has 0 bridgehead atoms. The van der Waals surface area contributed by atoms with Crippen molar-refractivity contribution in [2.75, 3.05) is 14.2 Å². The van der Waals surface area contributed by atoms with Crippen molar-refractivity contribution in [3.63, 3.8) is 0 Å². The zero-order chi connectivity index (χ0) is 13.7. The molecule has 0 saturated carbocycles. The van der Waals surface area contributed by atoms with Crippen molar-refractivity contribution in [2.24, 2.45) is 0 Å². The number of rotatable bonds is 4. The van der Waals surface area contributed by atoms with Crippen molar-refractivity contribution in [1.82, 2.24) is 0 Å². The van der Waals surface area contributed by atoms with Gasteiger partial charge in [-0.1, -0.05) is 0 Å². The number of furan rings is 1. The lowest BCUT2D eigenvalue weighted by atomic mass is 10.3. The Labute approximate surface area is 101 Å². The summed E-state index contributed by atoms with van der Waals surface area (Å²) in [6, 6.07) is 2.56. The number of esters is 2. The number of carbonyl (C=O) groups is 2. The summed E-state index contributed by atoms with van der Waals surface area (Å²) >= 11 is 0. The van der Waals surface area contributed by atoms with Gasteiger partial charge in [-0.2, -0.15) is 0 Å². The van der Waals surface area contributed by atoms with Crippen LogP contribution in [0.4, 0.5) is 0 Å². The first-order valence-electron chi connectivity index (χ1n) is 4.62. The molecule has 0 atom stereocenters. The highest BCUT2D eigenvalue weighted by atomic mass is 16.6. The highest BCUT2D eigenvalue weighted by Gasteiger charge is 2.23. The van der Waals surface area contributed by atoms with Gasteiger partial charge in [0.15, 0.2) is 0 Å². The largest absolute Gasteiger partial charge is 0.463 e. The molecule has 8 nitrogen and oxygen atoms in total. The van der Waals surface area contributed by atoms with Crippen LogP contribution in [0.3, 0.4) is 0 Å². The summed E-state index contributed by atoms with van der Waals surface area (Å²) in [5.41, 5.74) is -0.803. The van der Waals surface area contributed by atoms with E-state index in [0.29, 0.717) is 0 Å². The molecule has 0 fully saturated rings. The minimum Gasteiger partial charge on any atom is -0.463 e. The van der Waals surface area contributed by atoms with Crippen molar-refractivity contribution < 1.29 is 28.4 Å². The molecule has 1 aromatic rings. The van der Waals surface area contributed by atoms with Crippen molar-refractivity contribution in [3.05, 3.63) is 39.5 Å². The highest BCUT2D eigenvalue weighted by molar-refractivity contribution is 5.91. The van der Waals surface area contributed by atoms with Gasteiger partial charge < -0.3 is 13.9 Å². The first-order chi connectivity index (χ1) is 8.49. The third-order valence-corrected chi connectivity index (χ3v) is 1.88. The Morgan fingerprint density at radius 3 is 2.50 bits per heavy atom. The Balaban J connectivity index is 3.06. The van der Waals surface area contributed by atoms with Crippen LogP contribution < -0.4 is 0 Å². The molecule has 0 amide bonds. The summed E-state index contributed by atoms with van der Waals surface area (Å²) < 4.78 is 13.6. The second-order valence-corrected chi connectivity index (χ2v) is 2.97. The van der Waals surface area contributed by atoms with Gasteiger partial charge in [0, 0.05) is 0 Å². The molecular weight excluding hydrogens is 246 g/mol. The zero-order valence-electron chi connectivity index (χ0n) is 9.54. The highest BCUT2D eigenvalue weighted by Crippen LogP contribution is 2.14. The van der Waals surface area contributed by atoms with Crippen LogP contribution in [0.5, 0.6) is 0 Å². The maximum absolute atomic E-state index is 11.1. The van der Waals surface area contributed by atoms with Gasteiger partial charge in [0.1, 0.15) is 5.76 Å². The second kappa shape index (κ2) is 5.62. The fourth-order valence-corrected chi connectivity index (χ4v) is 1.07. The average molecular weight is 255 g/mol. The SMILES string of the molecule is COC(=O)/C(=C/c1ccc(C(=O)OC)o1)[N+](=O)[O-]. The van der Waals surface area contributed by atoms with Gasteiger partial charge in [-0.3, -0.25) is 10.1 Å². The van der Waals surface area contributed by atoms with Crippen LogP contribution in [0.15, 0.2) is 22.2 Å². The quantitative estimate of drug-likeness (QED) is 0.339. The molecule has 1 aromatic heterocycles. The predicted octanol–water partition coefficient (Wildman–Crippen LogP) is 0.857. The van der Waals surface area contributed by atoms with Crippen LogP contribution in [0.25, 0.3) is 6.08 Å². The van der Waals surface area contributed by atoms with E-state index in [-0.39, 0.29) is 11.5 Å². The Morgan fingerprint density at radius 2 is 2.00 bits per heavy atom. The summed E-state index contributed by atoms with van der Waals surface area (Å²) in [4.78, 5) is 31.9. The Hall–Kier alpha value is -2.64. The fourth-order valence-electron chi connectivity index (χ4n) is 1.07. The molecular formula is C10H9NO7. The van der Waals surface area contributed by atoms with E-state index >= 15 is 0 Å². The average Bonchev–Trinajstić information content (AvgIpc) is 2.82. The monoisotopic (exact) mass is 255 g/mol. The molecule has 0 aliphatic heterocycles. The minimum absolute atomic E-state index is 0.0347. The van der Waals surface area contributed by atoms with Gasteiger partial charge in [-0.25, -0.2) is 9.59 Å². The van der Waals surface area contributed by atoms with Crippen LogP contribution in [-0.4, -0.2) is 31.1 Å². The topological polar surface area (TPSA) is 109 Å². The molecule has 96 valence electrons. The fraction of sp³-hybridized carbons (Fsp3) is 0.200. The standard InChI is InChI=1S/C10H9NO7/c1-16-9(12)7(11(14)15)5-6-3-4-8(18-6)10(13)17-2/h3-5H,1-2H3/b7-5-. The molecule has 1 rings (SSSR count). The predicted molar refractivity (Wildman–Crippen MR) is 57.0 cm³/mol. The van der Waals surface area contributed by atoms with Crippen molar-refractivity contribution in [1.29, 1.82) is 0 Å². The van der Waals surface area contributed by atoms with E-state index in [0.717, 1.165) is 20.3 Å². The smallest absolute Gasteiger partial charge is 0.409 e. The molecule has 0 aliphatic carbocycles. The van der Waals surface area contributed by atoms with Crippen LogP contribution in [0.1, 0.15) is 16.3 Å². The number of hydrogen-bond acceptors (Lipinski definition) is 7. The summed E-state index contributed by atoms with van der Waals surface area (Å²) in [6.45, 7) is 0. The number of ether oxygens (including phenoxy) is 2. The lowest BCUT2D eigenvalue weighted by Crippen LogP contribution is -2.12. The van der Waals surface area contributed by atoms with Gasteiger partial charge in [0.05, 0.1) is 25.2 Å². The molecule has 0 unspecified atom stereocenters. The van der Waals surface area contributed by atoms with Crippen LogP contribution in [0.2, 0.25) is 0 Å². The molecule has 1 heterocycles. The van der Waals surface area contributed by atoms with Gasteiger partial charge in [-0.05, 0) is 12.1 Å². The molecule has 0 aromatic carbocycles. The van der Waals surface area contributed by atoms with Crippen LogP contribution in [-0.2, 0) is 14.3 Å². The van der Waals surface area contributed by atoms with Crippen LogP contribution in [0, 0.1) is 10.1 Å². The number of carbonyl (C=O) groups excluding carboxylic acids is 2. The molecule has 0 N–H and O–H groups in total. The van der Waals surface area contributed by atoms with Crippen molar-refractivity contribution >= 4 is 18.0 Å². The second-order valence-electron chi connectivity index (χ2n) is 2.97. The lowest BCUT2D eigenvalue weighted by Gasteiger charge is -1.95. The molecule has 0 radical (unpaired) electrons. The normalized spacial score (nSPS) is 10.9. The van der Waals surface area contributed by atoms with E-state index < -0.39 is 22.6 Å². The number of methoxy groups -OCH3 is 2. The molecule has 0 spiro atoms. The summed E-state index contributed by atoms with van der Waals surface area (Å²) in [7, 11) is 2.18. The van der Waals surface area contributed by atoms with Crippen molar-refractivity contribution in [3.8, 4) is 0 Å². The van der Waals surface area contributed by atoms with E-state index in [1.165, 1.54) is 12.1 Å². The molecule has 8 heteroatoms. The number of nitrogens with zero attached hydrogens (tertiary/aromatic N) is 1. The van der Waals surface area contributed by atoms with E-state index in [2.05, 4.69) is 9.47 Å². The molecule has 18 heavy (non-hydrogen) atoms. The first kappa shape index (κ1) is 13.4. The lowest BCUT2D eigenvalue weighted by molar-refractivity contribution is -0.419. The zero-order valence-corrected chi connectivity index (χ0v) is 9.54. The number of nitro groups is 1. The van der Waals surface area contributed by atoms with Gasteiger partial charge in [0.2, 0.25) is 5.76 Å². The number of hydrogen-bond donors (Lipinski definition) is 0. The van der Waals surface area contributed by atoms with Gasteiger partial charge in [-0.15, -0.1) is 0 Å². The Morgan fingerprint density at radius 1 is 1.33 bits per heavy atom. The van der Waals surface area contributed by atoms with Gasteiger partial charge in [0.25, 0.3) is 0 Å². The third kappa shape index (κ3) is 2.94. The summed E-state index contributed by atoms with van der Waals surface area (Å²) in [5.74, 6) is -2.00. The first-order valence-corrected chi connectivity index (χ1v) is 4.62. The minimum atomic E-state index is -1.11. The molecule has 0 aliphatic rings. The van der Waals surface area contributed by atoms with Crippen molar-refractivity contribution in [2.45, 2.75) is 0 Å². The summed E-state index contributed by atoms with van der Waals surface area (Å²) in [6.07, 6.45) is 0.859. The maximum atomic E-state index is 11.1. The van der Waals surface area contributed by atoms with Crippen LogP contribution >= 0.6 is 0 Å². The Bertz CT molecular complexity index is 514. The van der Waals surface area contributed by atoms with E-state index in [1.807, 2.05) is 0 Å².